The SMILES string of the molecule is O=C(NC1=Nc2ccccc2C2=NCCN12)C1CCN(C(=O)OCc2ccccc2)CC1. The van der Waals surface area contributed by atoms with Gasteiger partial charge in [-0.3, -0.25) is 20.0 Å². The summed E-state index contributed by atoms with van der Waals surface area (Å²) >= 11 is 0. The average molecular weight is 431 g/mol. The highest BCUT2D eigenvalue weighted by molar-refractivity contribution is 6.18. The minimum Gasteiger partial charge on any atom is -0.445 e. The number of carbonyl (C=O) groups is 2. The number of amides is 2. The van der Waals surface area contributed by atoms with E-state index in [9.17, 15) is 9.59 Å². The number of guanidine groups is 1. The molecule has 0 saturated carbocycles. The minimum atomic E-state index is -0.334. The molecule has 1 fully saturated rings. The smallest absolute Gasteiger partial charge is 0.410 e. The Morgan fingerprint density at radius 1 is 1.00 bits per heavy atom. The van der Waals surface area contributed by atoms with E-state index in [1.165, 1.54) is 0 Å². The Kier molecular flexibility index (Phi) is 5.58. The van der Waals surface area contributed by atoms with Gasteiger partial charge in [0.15, 0.2) is 0 Å². The van der Waals surface area contributed by atoms with Crippen LogP contribution in [0.3, 0.4) is 0 Å². The number of nitrogens with one attached hydrogen (secondary N) is 1. The summed E-state index contributed by atoms with van der Waals surface area (Å²) in [6, 6.07) is 17.4. The number of carbonyl (C=O) groups excluding carboxylic acids is 2. The highest BCUT2D eigenvalue weighted by Crippen LogP contribution is 2.28. The first-order chi connectivity index (χ1) is 15.7. The summed E-state index contributed by atoms with van der Waals surface area (Å²) in [6.07, 6.45) is 0.854. The summed E-state index contributed by atoms with van der Waals surface area (Å²) in [5.74, 6) is 1.17. The normalized spacial score (nSPS) is 17.8. The number of amidine groups is 1. The average Bonchev–Trinajstić information content (AvgIpc) is 3.34. The molecule has 1 N–H and O–H groups in total. The number of aliphatic imine (C=N–C) groups is 2. The number of benzene rings is 2. The molecule has 0 unspecified atom stereocenters. The predicted molar refractivity (Wildman–Crippen MR) is 121 cm³/mol. The Balaban J connectivity index is 1.16. The van der Waals surface area contributed by atoms with Gasteiger partial charge in [0, 0.05) is 31.1 Å². The fourth-order valence-electron chi connectivity index (χ4n) is 4.26. The van der Waals surface area contributed by atoms with Crippen molar-refractivity contribution in [2.24, 2.45) is 15.9 Å². The third kappa shape index (κ3) is 4.08. The van der Waals surface area contributed by atoms with Crippen molar-refractivity contribution in [2.45, 2.75) is 19.4 Å². The van der Waals surface area contributed by atoms with E-state index in [2.05, 4.69) is 15.3 Å². The van der Waals surface area contributed by atoms with Gasteiger partial charge >= 0.3 is 6.09 Å². The highest BCUT2D eigenvalue weighted by atomic mass is 16.6. The Morgan fingerprint density at radius 2 is 1.75 bits per heavy atom. The lowest BCUT2D eigenvalue weighted by Gasteiger charge is -2.32. The van der Waals surface area contributed by atoms with Crippen LogP contribution < -0.4 is 5.32 Å². The van der Waals surface area contributed by atoms with Crippen molar-refractivity contribution in [3.05, 3.63) is 65.7 Å². The molecule has 1 saturated heterocycles. The molecule has 5 rings (SSSR count). The Labute approximate surface area is 186 Å². The summed E-state index contributed by atoms with van der Waals surface area (Å²) in [5.41, 5.74) is 2.76. The highest BCUT2D eigenvalue weighted by Gasteiger charge is 2.33. The van der Waals surface area contributed by atoms with Crippen molar-refractivity contribution in [2.75, 3.05) is 26.2 Å². The number of fused-ring (bicyclic) bond motifs is 3. The third-order valence-electron chi connectivity index (χ3n) is 6.03. The van der Waals surface area contributed by atoms with E-state index in [1.807, 2.05) is 59.5 Å². The van der Waals surface area contributed by atoms with Gasteiger partial charge < -0.3 is 9.64 Å². The van der Waals surface area contributed by atoms with Crippen molar-refractivity contribution in [1.29, 1.82) is 0 Å². The van der Waals surface area contributed by atoms with E-state index < -0.39 is 0 Å². The maximum atomic E-state index is 13.0. The maximum Gasteiger partial charge on any atom is 0.410 e. The monoisotopic (exact) mass is 431 g/mol. The largest absolute Gasteiger partial charge is 0.445 e. The fraction of sp³-hybridized carbons (Fsp3) is 0.333. The molecule has 0 bridgehead atoms. The van der Waals surface area contributed by atoms with Gasteiger partial charge in [0.1, 0.15) is 12.4 Å². The minimum absolute atomic E-state index is 0.0633. The molecule has 8 heteroatoms. The second-order valence-corrected chi connectivity index (χ2v) is 8.10. The topological polar surface area (TPSA) is 86.6 Å². The van der Waals surface area contributed by atoms with Gasteiger partial charge in [-0.2, -0.15) is 0 Å². The molecule has 3 heterocycles. The molecule has 8 nitrogen and oxygen atoms in total. The predicted octanol–water partition coefficient (Wildman–Crippen LogP) is 2.91. The molecule has 32 heavy (non-hydrogen) atoms. The Morgan fingerprint density at radius 3 is 2.56 bits per heavy atom. The van der Waals surface area contributed by atoms with Gasteiger partial charge in [0.25, 0.3) is 0 Å². The van der Waals surface area contributed by atoms with Crippen molar-refractivity contribution in [1.82, 2.24) is 15.1 Å². The number of nitrogens with zero attached hydrogens (tertiary/aromatic N) is 4. The first-order valence-corrected chi connectivity index (χ1v) is 11.0. The van der Waals surface area contributed by atoms with Crippen LogP contribution in [0.25, 0.3) is 0 Å². The first kappa shape index (κ1) is 20.2. The van der Waals surface area contributed by atoms with E-state index in [1.54, 1.807) is 4.90 Å². The zero-order valence-electron chi connectivity index (χ0n) is 17.7. The molecule has 2 aromatic carbocycles. The molecule has 2 amide bonds. The maximum absolute atomic E-state index is 13.0. The van der Waals surface area contributed by atoms with Crippen LogP contribution in [0, 0.1) is 5.92 Å². The number of likely N-dealkylation sites (tertiary alicyclic amines) is 1. The summed E-state index contributed by atoms with van der Waals surface area (Å²) in [6.45, 7) is 2.63. The lowest BCUT2D eigenvalue weighted by atomic mass is 9.96. The van der Waals surface area contributed by atoms with Crippen molar-refractivity contribution >= 4 is 29.5 Å². The lowest BCUT2D eigenvalue weighted by molar-refractivity contribution is -0.125. The van der Waals surface area contributed by atoms with Crippen LogP contribution in [-0.4, -0.2) is 59.8 Å². The molecular formula is C24H25N5O3. The second-order valence-electron chi connectivity index (χ2n) is 8.10. The lowest BCUT2D eigenvalue weighted by Crippen LogP contribution is -2.50. The van der Waals surface area contributed by atoms with Gasteiger partial charge in [-0.1, -0.05) is 42.5 Å². The number of para-hydroxylation sites is 1. The van der Waals surface area contributed by atoms with Crippen molar-refractivity contribution in [3.63, 3.8) is 0 Å². The van der Waals surface area contributed by atoms with Gasteiger partial charge in [-0.05, 0) is 30.5 Å². The van der Waals surface area contributed by atoms with Crippen molar-refractivity contribution in [3.8, 4) is 0 Å². The second kappa shape index (κ2) is 8.82. The van der Waals surface area contributed by atoms with E-state index in [4.69, 9.17) is 4.74 Å². The van der Waals surface area contributed by atoms with Crippen LogP contribution in [0.5, 0.6) is 0 Å². The Bertz CT molecular complexity index is 1070. The van der Waals surface area contributed by atoms with Crippen LogP contribution in [0.1, 0.15) is 24.0 Å². The van der Waals surface area contributed by atoms with Gasteiger partial charge in [0.2, 0.25) is 11.9 Å². The molecule has 0 radical (unpaired) electrons. The molecular weight excluding hydrogens is 406 g/mol. The number of hydrogen-bond acceptors (Lipinski definition) is 6. The number of piperidine rings is 1. The molecule has 0 aliphatic carbocycles. The van der Waals surface area contributed by atoms with E-state index in [0.29, 0.717) is 45.0 Å². The van der Waals surface area contributed by atoms with Crippen LogP contribution >= 0.6 is 0 Å². The standard InChI is InChI=1S/C24H25N5O3/c30-22(27-23-26-20-9-5-4-8-19(20)21-25-12-15-29(21)23)18-10-13-28(14-11-18)24(31)32-16-17-6-2-1-3-7-17/h1-9,18H,10-16H2,(H,26,27,30). The van der Waals surface area contributed by atoms with Crippen LogP contribution in [0.4, 0.5) is 10.5 Å². The molecule has 0 aromatic heterocycles. The zero-order valence-corrected chi connectivity index (χ0v) is 17.7. The van der Waals surface area contributed by atoms with E-state index in [-0.39, 0.29) is 24.5 Å². The zero-order chi connectivity index (χ0) is 21.9. The van der Waals surface area contributed by atoms with Gasteiger partial charge in [0.05, 0.1) is 12.2 Å². The van der Waals surface area contributed by atoms with Crippen molar-refractivity contribution < 1.29 is 14.3 Å². The number of rotatable bonds is 3. The van der Waals surface area contributed by atoms with Gasteiger partial charge in [-0.25, -0.2) is 9.79 Å². The van der Waals surface area contributed by atoms with E-state index >= 15 is 0 Å². The first-order valence-electron chi connectivity index (χ1n) is 11.0. The van der Waals surface area contributed by atoms with Gasteiger partial charge in [-0.15, -0.1) is 0 Å². The third-order valence-corrected chi connectivity index (χ3v) is 6.03. The number of hydrogen-bond donors (Lipinski definition) is 1. The summed E-state index contributed by atoms with van der Waals surface area (Å²) < 4.78 is 5.41. The molecule has 3 aliphatic heterocycles. The van der Waals surface area contributed by atoms with Crippen LogP contribution in [-0.2, 0) is 16.1 Å². The molecule has 164 valence electrons. The quantitative estimate of drug-likeness (QED) is 0.810. The van der Waals surface area contributed by atoms with Crippen LogP contribution in [0.15, 0.2) is 64.6 Å². The molecule has 3 aliphatic rings. The van der Waals surface area contributed by atoms with Crippen LogP contribution in [0.2, 0.25) is 0 Å². The Hall–Kier alpha value is -3.68. The molecule has 2 aromatic rings. The molecule has 0 atom stereocenters. The summed E-state index contributed by atoms with van der Waals surface area (Å²) in [4.78, 5) is 38.2. The van der Waals surface area contributed by atoms with E-state index in [0.717, 1.165) is 22.6 Å². The summed E-state index contributed by atoms with van der Waals surface area (Å²) in [7, 11) is 0. The number of ether oxygens (including phenoxy) is 1. The fourth-order valence-corrected chi connectivity index (χ4v) is 4.26. The summed E-state index contributed by atoms with van der Waals surface area (Å²) in [5, 5.41) is 3.01. The molecule has 0 spiro atoms.